The Morgan fingerprint density at radius 3 is 2.69 bits per heavy atom. The SMILES string of the molecule is CCCCc1nc(C(=O)O)cn1Cc1cccc2c1c(Br)c(Br)n2-c1ccccc1C#N. The van der Waals surface area contributed by atoms with Crippen molar-refractivity contribution in [2.45, 2.75) is 32.7 Å². The molecule has 4 rings (SSSR count). The second-order valence-corrected chi connectivity index (χ2v) is 9.00. The van der Waals surface area contributed by atoms with Crippen LogP contribution in [0.1, 0.15) is 47.2 Å². The lowest BCUT2D eigenvalue weighted by atomic mass is 10.1. The van der Waals surface area contributed by atoms with Gasteiger partial charge in [0, 0.05) is 24.5 Å². The number of aromatic carboxylic acids is 1. The van der Waals surface area contributed by atoms with Crippen molar-refractivity contribution in [2.24, 2.45) is 0 Å². The van der Waals surface area contributed by atoms with E-state index in [0.29, 0.717) is 12.1 Å². The Morgan fingerprint density at radius 1 is 1.19 bits per heavy atom. The smallest absolute Gasteiger partial charge is 0.356 e. The summed E-state index contributed by atoms with van der Waals surface area (Å²) in [4.78, 5) is 15.8. The molecule has 0 fully saturated rings. The largest absolute Gasteiger partial charge is 0.476 e. The Labute approximate surface area is 202 Å². The number of unbranched alkanes of at least 4 members (excludes halogenated alkanes) is 1. The van der Waals surface area contributed by atoms with Crippen molar-refractivity contribution in [3.8, 4) is 11.8 Å². The maximum atomic E-state index is 11.5. The summed E-state index contributed by atoms with van der Waals surface area (Å²) < 4.78 is 5.63. The third-order valence-corrected chi connectivity index (χ3v) is 7.46. The zero-order valence-electron chi connectivity index (χ0n) is 17.3. The van der Waals surface area contributed by atoms with E-state index in [0.717, 1.165) is 56.3 Å². The quantitative estimate of drug-likeness (QED) is 0.289. The molecule has 0 aliphatic rings. The van der Waals surface area contributed by atoms with Gasteiger partial charge in [0.05, 0.1) is 21.2 Å². The third kappa shape index (κ3) is 3.98. The average Bonchev–Trinajstić information content (AvgIpc) is 3.31. The van der Waals surface area contributed by atoms with E-state index in [-0.39, 0.29) is 5.69 Å². The molecule has 2 aromatic carbocycles. The molecule has 4 aromatic rings. The number of nitrogens with zero attached hydrogens (tertiary/aromatic N) is 4. The molecule has 0 aliphatic carbocycles. The fourth-order valence-electron chi connectivity index (χ4n) is 3.88. The van der Waals surface area contributed by atoms with Crippen molar-refractivity contribution < 1.29 is 9.90 Å². The molecule has 6 nitrogen and oxygen atoms in total. The van der Waals surface area contributed by atoms with Gasteiger partial charge in [-0.05, 0) is 62.0 Å². The normalized spacial score (nSPS) is 11.1. The van der Waals surface area contributed by atoms with Gasteiger partial charge >= 0.3 is 5.97 Å². The van der Waals surface area contributed by atoms with Crippen LogP contribution < -0.4 is 0 Å². The minimum absolute atomic E-state index is 0.0593. The first-order valence-electron chi connectivity index (χ1n) is 10.2. The molecule has 0 unspecified atom stereocenters. The summed E-state index contributed by atoms with van der Waals surface area (Å²) in [5.41, 5.74) is 3.39. The van der Waals surface area contributed by atoms with Crippen LogP contribution in [0.15, 0.2) is 57.7 Å². The van der Waals surface area contributed by atoms with Gasteiger partial charge in [-0.2, -0.15) is 5.26 Å². The van der Waals surface area contributed by atoms with Crippen molar-refractivity contribution >= 4 is 48.7 Å². The zero-order chi connectivity index (χ0) is 22.8. The molecular weight excluding hydrogens is 536 g/mol. The number of hydrogen-bond acceptors (Lipinski definition) is 3. The van der Waals surface area contributed by atoms with Gasteiger partial charge in [-0.15, -0.1) is 0 Å². The second kappa shape index (κ2) is 9.31. The Balaban J connectivity index is 1.87. The van der Waals surface area contributed by atoms with Crippen LogP contribution in [0.25, 0.3) is 16.6 Å². The van der Waals surface area contributed by atoms with Crippen LogP contribution in [-0.2, 0) is 13.0 Å². The topological polar surface area (TPSA) is 83.8 Å². The van der Waals surface area contributed by atoms with Crippen LogP contribution in [0.2, 0.25) is 0 Å². The highest BCUT2D eigenvalue weighted by Crippen LogP contribution is 2.40. The van der Waals surface area contributed by atoms with Gasteiger partial charge in [0.1, 0.15) is 16.5 Å². The molecule has 0 atom stereocenters. The molecule has 0 saturated carbocycles. The van der Waals surface area contributed by atoms with Crippen LogP contribution in [0.3, 0.4) is 0 Å². The highest BCUT2D eigenvalue weighted by atomic mass is 79.9. The maximum absolute atomic E-state index is 11.5. The number of aromatic nitrogens is 3. The van der Waals surface area contributed by atoms with Gasteiger partial charge in [0.15, 0.2) is 5.69 Å². The zero-order valence-corrected chi connectivity index (χ0v) is 20.5. The Hall–Kier alpha value is -2.89. The number of nitriles is 1. The molecule has 0 aliphatic heterocycles. The first-order valence-corrected chi connectivity index (χ1v) is 11.8. The van der Waals surface area contributed by atoms with E-state index >= 15 is 0 Å². The van der Waals surface area contributed by atoms with Crippen molar-refractivity contribution in [2.75, 3.05) is 0 Å². The molecule has 0 radical (unpaired) electrons. The molecule has 0 amide bonds. The molecule has 8 heteroatoms. The Kier molecular flexibility index (Phi) is 6.49. The van der Waals surface area contributed by atoms with Gasteiger partial charge in [-0.1, -0.05) is 37.6 Å². The summed E-state index contributed by atoms with van der Waals surface area (Å²) in [5, 5.41) is 20.0. The lowest BCUT2D eigenvalue weighted by Crippen LogP contribution is -2.05. The first kappa shape index (κ1) is 22.3. The summed E-state index contributed by atoms with van der Waals surface area (Å²) in [6.45, 7) is 2.59. The average molecular weight is 556 g/mol. The standard InChI is InChI=1S/C24H20Br2N4O2/c1-2-3-11-20-28-17(24(31)32)14-29(20)13-16-8-6-10-19-21(16)22(25)23(26)30(19)18-9-5-4-7-15(18)12-27/h4-10,14H,2-3,11,13H2,1H3,(H,31,32). The number of para-hydroxylation sites is 1. The molecule has 0 saturated heterocycles. The fourth-order valence-corrected chi connectivity index (χ4v) is 5.09. The van der Waals surface area contributed by atoms with Crippen LogP contribution >= 0.6 is 31.9 Å². The van der Waals surface area contributed by atoms with E-state index in [1.807, 2.05) is 45.5 Å². The number of fused-ring (bicyclic) bond motifs is 1. The van der Waals surface area contributed by atoms with Crippen LogP contribution in [0.5, 0.6) is 0 Å². The Bertz CT molecular complexity index is 1360. The number of imidazole rings is 1. The van der Waals surface area contributed by atoms with E-state index in [4.69, 9.17) is 0 Å². The lowest BCUT2D eigenvalue weighted by Gasteiger charge is -2.11. The first-order chi connectivity index (χ1) is 15.5. The number of carboxylic acid groups (broad SMARTS) is 1. The number of carboxylic acids is 1. The predicted octanol–water partition coefficient (Wildman–Crippen LogP) is 6.31. The fraction of sp³-hybridized carbons (Fsp3) is 0.208. The molecule has 0 bridgehead atoms. The molecule has 2 heterocycles. The number of carbonyl (C=O) groups is 1. The summed E-state index contributed by atoms with van der Waals surface area (Å²) >= 11 is 7.42. The van der Waals surface area contributed by atoms with E-state index < -0.39 is 5.97 Å². The molecule has 2 aromatic heterocycles. The molecular formula is C24H20Br2N4O2. The third-order valence-electron chi connectivity index (χ3n) is 5.40. The summed E-state index contributed by atoms with van der Waals surface area (Å²) in [5.74, 6) is -0.256. The van der Waals surface area contributed by atoms with Gasteiger partial charge in [-0.3, -0.25) is 0 Å². The molecule has 1 N–H and O–H groups in total. The van der Waals surface area contributed by atoms with Crippen LogP contribution in [0.4, 0.5) is 0 Å². The van der Waals surface area contributed by atoms with Crippen molar-refractivity contribution in [3.05, 3.63) is 80.4 Å². The van der Waals surface area contributed by atoms with Crippen LogP contribution in [-0.4, -0.2) is 25.2 Å². The monoisotopic (exact) mass is 554 g/mol. The van der Waals surface area contributed by atoms with Crippen molar-refractivity contribution in [1.82, 2.24) is 14.1 Å². The lowest BCUT2D eigenvalue weighted by molar-refractivity contribution is 0.0691. The number of hydrogen-bond donors (Lipinski definition) is 1. The predicted molar refractivity (Wildman–Crippen MR) is 130 cm³/mol. The highest BCUT2D eigenvalue weighted by molar-refractivity contribution is 9.13. The molecule has 162 valence electrons. The number of benzene rings is 2. The number of rotatable bonds is 7. The summed E-state index contributed by atoms with van der Waals surface area (Å²) in [6.07, 6.45) is 4.28. The summed E-state index contributed by atoms with van der Waals surface area (Å²) in [7, 11) is 0. The summed E-state index contributed by atoms with van der Waals surface area (Å²) in [6, 6.07) is 15.7. The van der Waals surface area contributed by atoms with Gasteiger partial charge < -0.3 is 14.2 Å². The minimum Gasteiger partial charge on any atom is -0.476 e. The highest BCUT2D eigenvalue weighted by Gasteiger charge is 2.20. The minimum atomic E-state index is -1.03. The van der Waals surface area contributed by atoms with E-state index in [1.54, 1.807) is 12.3 Å². The molecule has 0 spiro atoms. The van der Waals surface area contributed by atoms with E-state index in [9.17, 15) is 15.2 Å². The second-order valence-electron chi connectivity index (χ2n) is 7.46. The Morgan fingerprint density at radius 2 is 1.97 bits per heavy atom. The van der Waals surface area contributed by atoms with E-state index in [2.05, 4.69) is 49.8 Å². The molecule has 32 heavy (non-hydrogen) atoms. The van der Waals surface area contributed by atoms with Gasteiger partial charge in [0.2, 0.25) is 0 Å². The van der Waals surface area contributed by atoms with Crippen molar-refractivity contribution in [1.29, 1.82) is 5.26 Å². The van der Waals surface area contributed by atoms with Gasteiger partial charge in [-0.25, -0.2) is 9.78 Å². The van der Waals surface area contributed by atoms with Crippen molar-refractivity contribution in [3.63, 3.8) is 0 Å². The van der Waals surface area contributed by atoms with Gasteiger partial charge in [0.25, 0.3) is 0 Å². The number of halogens is 2. The maximum Gasteiger partial charge on any atom is 0.356 e. The van der Waals surface area contributed by atoms with E-state index in [1.165, 1.54) is 0 Å². The van der Waals surface area contributed by atoms with Crippen LogP contribution in [0, 0.1) is 11.3 Å². The number of aryl methyl sites for hydroxylation is 1.